The van der Waals surface area contributed by atoms with E-state index in [2.05, 4.69) is 15.0 Å². The van der Waals surface area contributed by atoms with Crippen LogP contribution in [0.15, 0.2) is 53.5 Å². The number of alkyl halides is 3. The fraction of sp³-hybridized carbons (Fsp3) is 0.176. The lowest BCUT2D eigenvalue weighted by molar-refractivity contribution is -0.274. The number of rotatable bonds is 5. The summed E-state index contributed by atoms with van der Waals surface area (Å²) in [4.78, 5) is 4.15. The van der Waals surface area contributed by atoms with Crippen molar-refractivity contribution in [3.63, 3.8) is 0 Å². The van der Waals surface area contributed by atoms with Gasteiger partial charge in [-0.2, -0.15) is 5.26 Å². The summed E-state index contributed by atoms with van der Waals surface area (Å²) in [7, 11) is 0. The minimum absolute atomic E-state index is 0.193. The van der Waals surface area contributed by atoms with Crippen molar-refractivity contribution in [3.8, 4) is 11.8 Å². The summed E-state index contributed by atoms with van der Waals surface area (Å²) in [5.41, 5.74) is 7.86. The van der Waals surface area contributed by atoms with Gasteiger partial charge in [-0.1, -0.05) is 24.3 Å². The normalized spacial score (nSPS) is 11.7. The summed E-state index contributed by atoms with van der Waals surface area (Å²) in [6, 6.07) is 14.5. The van der Waals surface area contributed by atoms with Gasteiger partial charge in [-0.05, 0) is 35.4 Å². The third-order valence-electron chi connectivity index (χ3n) is 3.12. The molecule has 0 spiro atoms. The molecule has 0 aliphatic rings. The maximum atomic E-state index is 12.1. The van der Waals surface area contributed by atoms with Crippen molar-refractivity contribution in [2.45, 2.75) is 19.5 Å². The maximum Gasteiger partial charge on any atom is 0.573 e. The second kappa shape index (κ2) is 8.06. The van der Waals surface area contributed by atoms with Crippen molar-refractivity contribution >= 4 is 5.96 Å². The molecule has 2 aromatic carbocycles. The third kappa shape index (κ3) is 6.43. The third-order valence-corrected chi connectivity index (χ3v) is 3.12. The highest BCUT2D eigenvalue weighted by Crippen LogP contribution is 2.22. The van der Waals surface area contributed by atoms with Crippen molar-refractivity contribution in [1.82, 2.24) is 5.32 Å². The first-order valence-electron chi connectivity index (χ1n) is 7.23. The summed E-state index contributed by atoms with van der Waals surface area (Å²) < 4.78 is 40.0. The van der Waals surface area contributed by atoms with Crippen molar-refractivity contribution < 1.29 is 17.9 Å². The predicted molar refractivity (Wildman–Crippen MR) is 86.4 cm³/mol. The van der Waals surface area contributed by atoms with Gasteiger partial charge in [0.1, 0.15) is 5.75 Å². The molecular weight excluding hydrogens is 333 g/mol. The van der Waals surface area contributed by atoms with Crippen LogP contribution in [0.3, 0.4) is 0 Å². The summed E-state index contributed by atoms with van der Waals surface area (Å²) in [6.07, 6.45) is -4.71. The first kappa shape index (κ1) is 18.1. The lowest BCUT2D eigenvalue weighted by Crippen LogP contribution is -2.31. The van der Waals surface area contributed by atoms with E-state index in [1.165, 1.54) is 24.3 Å². The molecular formula is C17H15F3N4O. The molecule has 25 heavy (non-hydrogen) atoms. The van der Waals surface area contributed by atoms with Crippen LogP contribution >= 0.6 is 0 Å². The Morgan fingerprint density at radius 2 is 1.88 bits per heavy atom. The fourth-order valence-electron chi connectivity index (χ4n) is 1.97. The number of guanidine groups is 1. The molecule has 0 amide bonds. The van der Waals surface area contributed by atoms with Crippen LogP contribution in [-0.2, 0) is 13.1 Å². The zero-order chi connectivity index (χ0) is 18.3. The SMILES string of the molecule is N#Cc1cccc(CN=C(N)NCc2ccc(OC(F)(F)F)cc2)c1. The van der Waals surface area contributed by atoms with Gasteiger partial charge in [-0.25, -0.2) is 4.99 Å². The van der Waals surface area contributed by atoms with Gasteiger partial charge in [0.15, 0.2) is 5.96 Å². The van der Waals surface area contributed by atoms with Crippen molar-refractivity contribution in [2.24, 2.45) is 10.7 Å². The molecule has 2 aromatic rings. The highest BCUT2D eigenvalue weighted by atomic mass is 19.4. The molecule has 2 rings (SSSR count). The highest BCUT2D eigenvalue weighted by Gasteiger charge is 2.30. The Balaban J connectivity index is 1.86. The number of benzene rings is 2. The first-order valence-corrected chi connectivity index (χ1v) is 7.23. The minimum atomic E-state index is -4.71. The summed E-state index contributed by atoms with van der Waals surface area (Å²) >= 11 is 0. The van der Waals surface area contributed by atoms with E-state index in [9.17, 15) is 13.2 Å². The van der Waals surface area contributed by atoms with Crippen LogP contribution < -0.4 is 15.8 Å². The van der Waals surface area contributed by atoms with E-state index in [-0.39, 0.29) is 11.7 Å². The van der Waals surface area contributed by atoms with Gasteiger partial charge in [-0.3, -0.25) is 0 Å². The smallest absolute Gasteiger partial charge is 0.406 e. The van der Waals surface area contributed by atoms with Gasteiger partial charge in [0.05, 0.1) is 18.2 Å². The van der Waals surface area contributed by atoms with E-state index in [1.807, 2.05) is 12.1 Å². The topological polar surface area (TPSA) is 83.4 Å². The Kier molecular flexibility index (Phi) is 5.84. The number of nitrogens with one attached hydrogen (secondary N) is 1. The molecule has 0 saturated heterocycles. The number of hydrogen-bond acceptors (Lipinski definition) is 3. The first-order chi connectivity index (χ1) is 11.9. The molecule has 8 heteroatoms. The predicted octanol–water partition coefficient (Wildman–Crippen LogP) is 3.06. The molecule has 0 aliphatic heterocycles. The molecule has 0 saturated carbocycles. The average Bonchev–Trinajstić information content (AvgIpc) is 2.58. The summed E-state index contributed by atoms with van der Waals surface area (Å²) in [6.45, 7) is 0.618. The number of nitrogens with zero attached hydrogens (tertiary/aromatic N) is 2. The average molecular weight is 348 g/mol. The summed E-state index contributed by atoms with van der Waals surface area (Å²) in [5, 5.41) is 11.7. The van der Waals surface area contributed by atoms with E-state index < -0.39 is 6.36 Å². The molecule has 0 heterocycles. The van der Waals surface area contributed by atoms with Crippen LogP contribution in [0, 0.1) is 11.3 Å². The Hall–Kier alpha value is -3.21. The molecule has 0 fully saturated rings. The van der Waals surface area contributed by atoms with Gasteiger partial charge >= 0.3 is 6.36 Å². The lowest BCUT2D eigenvalue weighted by atomic mass is 10.1. The molecule has 0 aliphatic carbocycles. The van der Waals surface area contributed by atoms with E-state index >= 15 is 0 Å². The van der Waals surface area contributed by atoms with Crippen LogP contribution in [0.2, 0.25) is 0 Å². The van der Waals surface area contributed by atoms with Gasteiger partial charge < -0.3 is 15.8 Å². The molecule has 0 unspecified atom stereocenters. The molecule has 130 valence electrons. The van der Waals surface area contributed by atoms with Gasteiger partial charge in [-0.15, -0.1) is 13.2 Å². The van der Waals surface area contributed by atoms with Crippen molar-refractivity contribution in [1.29, 1.82) is 5.26 Å². The Morgan fingerprint density at radius 3 is 2.52 bits per heavy atom. The van der Waals surface area contributed by atoms with Gasteiger partial charge in [0, 0.05) is 6.54 Å². The number of nitrogens with two attached hydrogens (primary N) is 1. The van der Waals surface area contributed by atoms with E-state index in [4.69, 9.17) is 11.0 Å². The Morgan fingerprint density at radius 1 is 1.16 bits per heavy atom. The number of hydrogen-bond donors (Lipinski definition) is 2. The molecule has 0 atom stereocenters. The maximum absolute atomic E-state index is 12.1. The van der Waals surface area contributed by atoms with Crippen LogP contribution in [0.25, 0.3) is 0 Å². The van der Waals surface area contributed by atoms with Crippen LogP contribution in [0.1, 0.15) is 16.7 Å². The molecule has 5 nitrogen and oxygen atoms in total. The van der Waals surface area contributed by atoms with Crippen LogP contribution in [0.5, 0.6) is 5.75 Å². The Labute approximate surface area is 142 Å². The molecule has 0 aromatic heterocycles. The largest absolute Gasteiger partial charge is 0.573 e. The van der Waals surface area contributed by atoms with Crippen LogP contribution in [-0.4, -0.2) is 12.3 Å². The van der Waals surface area contributed by atoms with Crippen molar-refractivity contribution in [3.05, 3.63) is 65.2 Å². The molecule has 0 radical (unpaired) electrons. The highest BCUT2D eigenvalue weighted by molar-refractivity contribution is 5.77. The van der Waals surface area contributed by atoms with Crippen LogP contribution in [0.4, 0.5) is 13.2 Å². The van der Waals surface area contributed by atoms with Gasteiger partial charge in [0.25, 0.3) is 0 Å². The number of halogens is 3. The summed E-state index contributed by atoms with van der Waals surface area (Å²) in [5.74, 6) is -0.0896. The quantitative estimate of drug-likeness (QED) is 0.643. The lowest BCUT2D eigenvalue weighted by Gasteiger charge is -2.10. The van der Waals surface area contributed by atoms with E-state index in [0.29, 0.717) is 18.7 Å². The Bertz CT molecular complexity index is 780. The van der Waals surface area contributed by atoms with E-state index in [0.717, 1.165) is 11.1 Å². The minimum Gasteiger partial charge on any atom is -0.406 e. The van der Waals surface area contributed by atoms with Crippen molar-refractivity contribution in [2.75, 3.05) is 0 Å². The second-order valence-electron chi connectivity index (χ2n) is 5.06. The number of aliphatic imine (C=N–C) groups is 1. The van der Waals surface area contributed by atoms with Gasteiger partial charge in [0.2, 0.25) is 0 Å². The second-order valence-corrected chi connectivity index (χ2v) is 5.06. The standard InChI is InChI=1S/C17H15F3N4O/c18-17(19,20)25-15-6-4-12(5-7-15)10-23-16(22)24-11-14-3-1-2-13(8-14)9-21/h1-8H,10-11H2,(H3,22,23,24). The zero-order valence-electron chi connectivity index (χ0n) is 13.0. The monoisotopic (exact) mass is 348 g/mol. The molecule has 0 bridgehead atoms. The number of ether oxygens (including phenoxy) is 1. The number of nitriles is 1. The fourth-order valence-corrected chi connectivity index (χ4v) is 1.97. The molecule has 3 N–H and O–H groups in total. The zero-order valence-corrected chi connectivity index (χ0v) is 13.0. The van der Waals surface area contributed by atoms with E-state index in [1.54, 1.807) is 18.2 Å².